The van der Waals surface area contributed by atoms with Gasteiger partial charge >= 0.3 is 5.97 Å². The molecular weight excluding hydrogens is 304 g/mol. The molecule has 0 saturated heterocycles. The summed E-state index contributed by atoms with van der Waals surface area (Å²) in [5, 5.41) is 10.7. The van der Waals surface area contributed by atoms with Gasteiger partial charge in [-0.2, -0.15) is 0 Å². The van der Waals surface area contributed by atoms with Crippen LogP contribution in [0.3, 0.4) is 0 Å². The Kier molecular flexibility index (Phi) is 4.16. The predicted octanol–water partition coefficient (Wildman–Crippen LogP) is 0.0958. The molecule has 0 aromatic carbocycles. The van der Waals surface area contributed by atoms with E-state index in [1.807, 2.05) is 0 Å². The van der Waals surface area contributed by atoms with Gasteiger partial charge in [-0.25, -0.2) is 27.9 Å². The molecule has 0 saturated carbocycles. The van der Waals surface area contributed by atoms with Crippen molar-refractivity contribution in [3.63, 3.8) is 0 Å². The Morgan fingerprint density at radius 2 is 2.30 bits per heavy atom. The van der Waals surface area contributed by atoms with E-state index in [1.54, 1.807) is 7.05 Å². The highest BCUT2D eigenvalue weighted by atomic mass is 32.2. The molecule has 0 aliphatic carbocycles. The molecule has 0 radical (unpaired) electrons. The number of aromatic carboxylic acids is 1. The van der Waals surface area contributed by atoms with Gasteiger partial charge in [-0.15, -0.1) is 11.3 Å². The Hall–Kier alpha value is -1.78. The minimum absolute atomic E-state index is 0.0300. The van der Waals surface area contributed by atoms with Crippen molar-refractivity contribution in [2.75, 3.05) is 6.54 Å². The fourth-order valence-corrected chi connectivity index (χ4v) is 3.20. The van der Waals surface area contributed by atoms with Crippen molar-refractivity contribution in [2.45, 2.75) is 11.4 Å². The number of nitrogens with one attached hydrogen (secondary N) is 1. The molecule has 0 aliphatic heterocycles. The third kappa shape index (κ3) is 3.40. The van der Waals surface area contributed by atoms with Crippen molar-refractivity contribution in [1.29, 1.82) is 0 Å². The van der Waals surface area contributed by atoms with Gasteiger partial charge < -0.3 is 9.67 Å². The molecule has 108 valence electrons. The molecule has 0 fully saturated rings. The van der Waals surface area contributed by atoms with Gasteiger partial charge in [-0.1, -0.05) is 0 Å². The summed E-state index contributed by atoms with van der Waals surface area (Å²) >= 11 is 1.18. The summed E-state index contributed by atoms with van der Waals surface area (Å²) in [4.78, 5) is 18.3. The van der Waals surface area contributed by atoms with Crippen LogP contribution in [-0.4, -0.2) is 40.6 Å². The molecule has 0 unspecified atom stereocenters. The molecule has 0 spiro atoms. The van der Waals surface area contributed by atoms with E-state index in [1.165, 1.54) is 33.8 Å². The van der Waals surface area contributed by atoms with Gasteiger partial charge in [-0.3, -0.25) is 0 Å². The van der Waals surface area contributed by atoms with Gasteiger partial charge in [0, 0.05) is 31.6 Å². The van der Waals surface area contributed by atoms with E-state index in [0.717, 1.165) is 0 Å². The standard InChI is InChI=1S/C10H12N4O4S2/c1-14-4-9(11-6-14)20(17,18)12-3-2-8-13-7(5-19-8)10(15)16/h4-6,12H,2-3H2,1H3,(H,15,16). The average molecular weight is 316 g/mol. The molecular formula is C10H12N4O4S2. The number of hydrogen-bond acceptors (Lipinski definition) is 6. The minimum Gasteiger partial charge on any atom is -0.476 e. The number of sulfonamides is 1. The maximum atomic E-state index is 11.9. The van der Waals surface area contributed by atoms with Crippen molar-refractivity contribution in [3.05, 3.63) is 28.6 Å². The minimum atomic E-state index is -3.64. The van der Waals surface area contributed by atoms with Crippen LogP contribution in [0.5, 0.6) is 0 Å². The van der Waals surface area contributed by atoms with Crippen LogP contribution < -0.4 is 4.72 Å². The average Bonchev–Trinajstić information content (AvgIpc) is 2.98. The zero-order chi connectivity index (χ0) is 14.8. The molecule has 10 heteroatoms. The van der Waals surface area contributed by atoms with Crippen LogP contribution in [-0.2, 0) is 23.5 Å². The monoisotopic (exact) mass is 316 g/mol. The highest BCUT2D eigenvalue weighted by Crippen LogP contribution is 2.10. The van der Waals surface area contributed by atoms with E-state index in [2.05, 4.69) is 14.7 Å². The van der Waals surface area contributed by atoms with E-state index in [4.69, 9.17) is 5.11 Å². The first-order valence-electron chi connectivity index (χ1n) is 5.54. The third-order valence-electron chi connectivity index (χ3n) is 2.36. The highest BCUT2D eigenvalue weighted by molar-refractivity contribution is 7.89. The van der Waals surface area contributed by atoms with E-state index in [0.29, 0.717) is 11.4 Å². The predicted molar refractivity (Wildman–Crippen MR) is 71.2 cm³/mol. The largest absolute Gasteiger partial charge is 0.476 e. The maximum absolute atomic E-state index is 11.9. The van der Waals surface area contributed by atoms with Gasteiger partial charge in [0.05, 0.1) is 11.3 Å². The number of thiazole rings is 1. The number of nitrogens with zero attached hydrogens (tertiary/aromatic N) is 3. The van der Waals surface area contributed by atoms with Crippen molar-refractivity contribution in [1.82, 2.24) is 19.3 Å². The molecule has 8 nitrogen and oxygen atoms in total. The van der Waals surface area contributed by atoms with Crippen LogP contribution in [0, 0.1) is 0 Å². The van der Waals surface area contributed by atoms with E-state index >= 15 is 0 Å². The van der Waals surface area contributed by atoms with Gasteiger partial charge in [0.1, 0.15) is 0 Å². The lowest BCUT2D eigenvalue weighted by atomic mass is 10.4. The molecule has 0 aliphatic rings. The van der Waals surface area contributed by atoms with Crippen molar-refractivity contribution in [2.24, 2.45) is 7.05 Å². The van der Waals surface area contributed by atoms with Crippen LogP contribution in [0.2, 0.25) is 0 Å². The number of aromatic nitrogens is 3. The summed E-state index contributed by atoms with van der Waals surface area (Å²) in [7, 11) is -1.96. The first-order valence-corrected chi connectivity index (χ1v) is 7.90. The Labute approximate surface area is 119 Å². The first-order chi connectivity index (χ1) is 9.38. The number of hydrogen-bond donors (Lipinski definition) is 2. The fraction of sp³-hybridized carbons (Fsp3) is 0.300. The summed E-state index contributed by atoms with van der Waals surface area (Å²) in [6, 6.07) is 0. The SMILES string of the molecule is Cn1cnc(S(=O)(=O)NCCc2nc(C(=O)O)cs2)c1. The second kappa shape index (κ2) is 5.69. The molecule has 2 aromatic heterocycles. The number of rotatable bonds is 6. The van der Waals surface area contributed by atoms with Crippen LogP contribution in [0.4, 0.5) is 0 Å². The van der Waals surface area contributed by atoms with E-state index in [9.17, 15) is 13.2 Å². The molecule has 0 amide bonds. The lowest BCUT2D eigenvalue weighted by Crippen LogP contribution is -2.26. The molecule has 20 heavy (non-hydrogen) atoms. The summed E-state index contributed by atoms with van der Waals surface area (Å²) in [5.74, 6) is -1.10. The second-order valence-electron chi connectivity index (χ2n) is 3.96. The number of carbonyl (C=O) groups is 1. The Balaban J connectivity index is 1.93. The van der Waals surface area contributed by atoms with E-state index in [-0.39, 0.29) is 17.3 Å². The molecule has 0 bridgehead atoms. The molecule has 2 aromatic rings. The number of imidazole rings is 1. The Bertz CT molecular complexity index is 719. The molecule has 2 heterocycles. The lowest BCUT2D eigenvalue weighted by molar-refractivity contribution is 0.0691. The molecule has 0 atom stereocenters. The summed E-state index contributed by atoms with van der Waals surface area (Å²) < 4.78 is 27.6. The zero-order valence-electron chi connectivity index (χ0n) is 10.5. The number of carboxylic acid groups (broad SMARTS) is 1. The van der Waals surface area contributed by atoms with Gasteiger partial charge in [0.25, 0.3) is 10.0 Å². The molecule has 2 rings (SSSR count). The van der Waals surface area contributed by atoms with Crippen molar-refractivity contribution in [3.8, 4) is 0 Å². The first kappa shape index (κ1) is 14.6. The Morgan fingerprint density at radius 3 is 2.85 bits per heavy atom. The summed E-state index contributed by atoms with van der Waals surface area (Å²) in [5.41, 5.74) is -0.0300. The fourth-order valence-electron chi connectivity index (χ4n) is 1.42. The van der Waals surface area contributed by atoms with Crippen molar-refractivity contribution < 1.29 is 18.3 Å². The van der Waals surface area contributed by atoms with Gasteiger partial charge in [-0.05, 0) is 0 Å². The quantitative estimate of drug-likeness (QED) is 0.781. The zero-order valence-corrected chi connectivity index (χ0v) is 12.1. The molecule has 2 N–H and O–H groups in total. The smallest absolute Gasteiger partial charge is 0.355 e. The topological polar surface area (TPSA) is 114 Å². The van der Waals surface area contributed by atoms with Crippen LogP contribution in [0.25, 0.3) is 0 Å². The van der Waals surface area contributed by atoms with Crippen LogP contribution >= 0.6 is 11.3 Å². The highest BCUT2D eigenvalue weighted by Gasteiger charge is 2.16. The summed E-state index contributed by atoms with van der Waals surface area (Å²) in [6.07, 6.45) is 3.12. The number of aryl methyl sites for hydroxylation is 1. The van der Waals surface area contributed by atoms with Crippen LogP contribution in [0.1, 0.15) is 15.5 Å². The van der Waals surface area contributed by atoms with Crippen molar-refractivity contribution >= 4 is 27.3 Å². The maximum Gasteiger partial charge on any atom is 0.355 e. The normalized spacial score (nSPS) is 11.7. The van der Waals surface area contributed by atoms with Crippen LogP contribution in [0.15, 0.2) is 22.9 Å². The number of carboxylic acids is 1. The second-order valence-corrected chi connectivity index (χ2v) is 6.61. The third-order valence-corrected chi connectivity index (χ3v) is 4.61. The lowest BCUT2D eigenvalue weighted by Gasteiger charge is -2.02. The van der Waals surface area contributed by atoms with Gasteiger partial charge in [0.15, 0.2) is 10.7 Å². The Morgan fingerprint density at radius 1 is 1.55 bits per heavy atom. The van der Waals surface area contributed by atoms with Gasteiger partial charge in [0.2, 0.25) is 0 Å². The summed E-state index contributed by atoms with van der Waals surface area (Å²) in [6.45, 7) is 0.130. The van der Waals surface area contributed by atoms with E-state index < -0.39 is 16.0 Å².